The Balaban J connectivity index is 2.30. The van der Waals surface area contributed by atoms with E-state index in [2.05, 4.69) is 19.9 Å². The van der Waals surface area contributed by atoms with Gasteiger partial charge in [0, 0.05) is 13.1 Å². The summed E-state index contributed by atoms with van der Waals surface area (Å²) in [5, 5.41) is 0.139. The van der Waals surface area contributed by atoms with Crippen molar-refractivity contribution in [3.05, 3.63) is 5.28 Å². The van der Waals surface area contributed by atoms with E-state index < -0.39 is 0 Å². The Kier molecular flexibility index (Phi) is 4.07. The summed E-state index contributed by atoms with van der Waals surface area (Å²) in [6, 6.07) is 0.254. The van der Waals surface area contributed by atoms with Gasteiger partial charge < -0.3 is 14.4 Å². The fraction of sp³-hybridized carbons (Fsp3) is 0.769. The van der Waals surface area contributed by atoms with Gasteiger partial charge in [-0.2, -0.15) is 15.0 Å². The van der Waals surface area contributed by atoms with Crippen molar-refractivity contribution >= 4 is 17.5 Å². The normalized spacial score (nSPS) is 20.8. The molecule has 0 N–H and O–H groups in total. The lowest BCUT2D eigenvalue weighted by molar-refractivity contribution is -0.133. The Labute approximate surface area is 124 Å². The minimum atomic E-state index is -0.285. The molecule has 0 unspecified atom stereocenters. The van der Waals surface area contributed by atoms with Crippen molar-refractivity contribution in [1.82, 2.24) is 15.0 Å². The van der Waals surface area contributed by atoms with Crippen LogP contribution in [0.15, 0.2) is 0 Å². The summed E-state index contributed by atoms with van der Waals surface area (Å²) in [4.78, 5) is 14.5. The highest BCUT2D eigenvalue weighted by molar-refractivity contribution is 6.28. The number of hydrogen-bond donors (Lipinski definition) is 0. The maximum Gasteiger partial charge on any atom is 0.322 e. The lowest BCUT2D eigenvalue weighted by Gasteiger charge is -2.47. The molecule has 112 valence electrons. The predicted molar refractivity (Wildman–Crippen MR) is 77.5 cm³/mol. The molecule has 7 heteroatoms. The molecular weight excluding hydrogens is 280 g/mol. The fourth-order valence-corrected chi connectivity index (χ4v) is 2.73. The van der Waals surface area contributed by atoms with Crippen molar-refractivity contribution in [2.75, 3.05) is 24.6 Å². The van der Waals surface area contributed by atoms with E-state index in [1.54, 1.807) is 0 Å². The van der Waals surface area contributed by atoms with E-state index in [9.17, 15) is 0 Å². The highest BCUT2D eigenvalue weighted by atomic mass is 35.5. The molecule has 20 heavy (non-hydrogen) atoms. The minimum absolute atomic E-state index is 0.139. The third-order valence-electron chi connectivity index (χ3n) is 2.83. The first-order valence-electron chi connectivity index (χ1n) is 6.70. The number of aromatic nitrogens is 3. The Morgan fingerprint density at radius 3 is 2.30 bits per heavy atom. The van der Waals surface area contributed by atoms with Crippen molar-refractivity contribution in [3.63, 3.8) is 0 Å². The molecule has 0 aliphatic carbocycles. The number of ether oxygens (including phenoxy) is 2. The second kappa shape index (κ2) is 5.33. The van der Waals surface area contributed by atoms with Gasteiger partial charge in [-0.3, -0.25) is 0 Å². The molecular formula is C13H21ClN4O2. The van der Waals surface area contributed by atoms with E-state index in [0.717, 1.165) is 0 Å². The van der Waals surface area contributed by atoms with Gasteiger partial charge in [-0.15, -0.1) is 0 Å². The van der Waals surface area contributed by atoms with Crippen molar-refractivity contribution in [1.29, 1.82) is 0 Å². The van der Waals surface area contributed by atoms with Gasteiger partial charge in [-0.25, -0.2) is 0 Å². The van der Waals surface area contributed by atoms with Crippen LogP contribution in [0.25, 0.3) is 0 Å². The van der Waals surface area contributed by atoms with Crippen LogP contribution in [0.5, 0.6) is 6.01 Å². The summed E-state index contributed by atoms with van der Waals surface area (Å²) in [5.74, 6) is 0.526. The van der Waals surface area contributed by atoms with Gasteiger partial charge in [0.15, 0.2) is 0 Å². The van der Waals surface area contributed by atoms with Crippen molar-refractivity contribution in [2.24, 2.45) is 0 Å². The summed E-state index contributed by atoms with van der Waals surface area (Å²) in [6.07, 6.45) is 0. The van der Waals surface area contributed by atoms with Crippen LogP contribution in [0.1, 0.15) is 34.6 Å². The first kappa shape index (κ1) is 15.3. The maximum absolute atomic E-state index is 6.04. The van der Waals surface area contributed by atoms with Crippen LogP contribution in [0, 0.1) is 0 Å². The molecule has 0 atom stereocenters. The summed E-state index contributed by atoms with van der Waals surface area (Å²) < 4.78 is 11.4. The molecule has 2 rings (SSSR count). The van der Waals surface area contributed by atoms with E-state index in [0.29, 0.717) is 25.6 Å². The van der Waals surface area contributed by atoms with Crippen LogP contribution in [0.3, 0.4) is 0 Å². The van der Waals surface area contributed by atoms with E-state index in [1.807, 2.05) is 34.6 Å². The Hall–Kier alpha value is -1.14. The zero-order chi connectivity index (χ0) is 15.0. The van der Waals surface area contributed by atoms with E-state index >= 15 is 0 Å². The van der Waals surface area contributed by atoms with Crippen LogP contribution in [0.4, 0.5) is 5.95 Å². The number of halogens is 1. The predicted octanol–water partition coefficient (Wildman–Crippen LogP) is 2.32. The fourth-order valence-electron chi connectivity index (χ4n) is 2.59. The zero-order valence-corrected chi connectivity index (χ0v) is 13.4. The molecule has 0 bridgehead atoms. The molecule has 1 saturated heterocycles. The van der Waals surface area contributed by atoms with Crippen molar-refractivity contribution in [3.8, 4) is 6.01 Å². The van der Waals surface area contributed by atoms with Gasteiger partial charge in [0.05, 0.1) is 17.8 Å². The third-order valence-corrected chi connectivity index (χ3v) is 3.00. The lowest BCUT2D eigenvalue weighted by atomic mass is 9.99. The van der Waals surface area contributed by atoms with Crippen LogP contribution in [-0.4, -0.2) is 45.9 Å². The summed E-state index contributed by atoms with van der Waals surface area (Å²) in [6.45, 7) is 11.9. The number of morpholine rings is 1. The van der Waals surface area contributed by atoms with Crippen LogP contribution >= 0.6 is 11.6 Å². The molecule has 0 saturated carbocycles. The smallest absolute Gasteiger partial charge is 0.322 e. The van der Waals surface area contributed by atoms with Crippen LogP contribution < -0.4 is 9.64 Å². The molecule has 2 heterocycles. The molecule has 0 radical (unpaired) electrons. The Bertz CT molecular complexity index is 477. The Morgan fingerprint density at radius 2 is 1.75 bits per heavy atom. The van der Waals surface area contributed by atoms with E-state index in [-0.39, 0.29) is 22.5 Å². The average Bonchev–Trinajstić information content (AvgIpc) is 2.24. The van der Waals surface area contributed by atoms with Crippen molar-refractivity contribution in [2.45, 2.75) is 45.8 Å². The molecule has 1 aromatic heterocycles. The summed E-state index contributed by atoms with van der Waals surface area (Å²) >= 11 is 5.95. The summed E-state index contributed by atoms with van der Waals surface area (Å²) in [7, 11) is 0. The van der Waals surface area contributed by atoms with Gasteiger partial charge >= 0.3 is 6.01 Å². The lowest BCUT2D eigenvalue weighted by Crippen LogP contribution is -2.57. The van der Waals surface area contributed by atoms with Gasteiger partial charge in [0.1, 0.15) is 0 Å². The molecule has 6 nitrogen and oxygen atoms in total. The second-order valence-electron chi connectivity index (χ2n) is 6.10. The average molecular weight is 301 g/mol. The maximum atomic E-state index is 6.04. The Morgan fingerprint density at radius 1 is 1.15 bits per heavy atom. The molecule has 0 aromatic carbocycles. The topological polar surface area (TPSA) is 60.4 Å². The number of nitrogens with zero attached hydrogens (tertiary/aromatic N) is 4. The SMILES string of the molecule is CCOc1nc(Cl)nc(N2CC(C)(C)OC(C)(C)C2)n1. The molecule has 1 fully saturated rings. The molecule has 0 amide bonds. The zero-order valence-electron chi connectivity index (χ0n) is 12.6. The number of anilines is 1. The quantitative estimate of drug-likeness (QED) is 0.854. The number of rotatable bonds is 3. The summed E-state index contributed by atoms with van der Waals surface area (Å²) in [5.41, 5.74) is -0.570. The van der Waals surface area contributed by atoms with Gasteiger partial charge in [-0.05, 0) is 46.2 Å². The molecule has 0 spiro atoms. The minimum Gasteiger partial charge on any atom is -0.464 e. The molecule has 1 aromatic rings. The highest BCUT2D eigenvalue weighted by Crippen LogP contribution is 2.30. The third kappa shape index (κ3) is 3.70. The first-order chi connectivity index (χ1) is 9.21. The van der Waals surface area contributed by atoms with E-state index in [4.69, 9.17) is 21.1 Å². The second-order valence-corrected chi connectivity index (χ2v) is 6.44. The van der Waals surface area contributed by atoms with Crippen LogP contribution in [-0.2, 0) is 4.74 Å². The molecule has 1 aliphatic heterocycles. The number of hydrogen-bond acceptors (Lipinski definition) is 6. The van der Waals surface area contributed by atoms with Gasteiger partial charge in [0.2, 0.25) is 11.2 Å². The first-order valence-corrected chi connectivity index (χ1v) is 7.08. The van der Waals surface area contributed by atoms with Gasteiger partial charge in [0.25, 0.3) is 0 Å². The largest absolute Gasteiger partial charge is 0.464 e. The standard InChI is InChI=1S/C13H21ClN4O2/c1-6-19-11-16-9(14)15-10(17-11)18-7-12(2,3)20-13(4,5)8-18/h6-8H2,1-5H3. The van der Waals surface area contributed by atoms with E-state index in [1.165, 1.54) is 0 Å². The van der Waals surface area contributed by atoms with Gasteiger partial charge in [-0.1, -0.05) is 0 Å². The van der Waals surface area contributed by atoms with Crippen LogP contribution in [0.2, 0.25) is 5.28 Å². The monoisotopic (exact) mass is 300 g/mol. The van der Waals surface area contributed by atoms with Crippen molar-refractivity contribution < 1.29 is 9.47 Å². The highest BCUT2D eigenvalue weighted by Gasteiger charge is 2.39. The molecule has 1 aliphatic rings.